The number of benzene rings is 1. The maximum absolute atomic E-state index is 12.1. The van der Waals surface area contributed by atoms with Crippen molar-refractivity contribution in [1.29, 1.82) is 0 Å². The van der Waals surface area contributed by atoms with Gasteiger partial charge in [-0.3, -0.25) is 8.75 Å². The average Bonchev–Trinajstić information content (AvgIpc) is 2.86. The lowest BCUT2D eigenvalue weighted by Crippen LogP contribution is -2.36. The molecule has 1 aromatic heterocycles. The van der Waals surface area contributed by atoms with E-state index in [1.54, 1.807) is 3.96 Å². The Hall–Kier alpha value is -1.17. The average molecular weight is 251 g/mol. The van der Waals surface area contributed by atoms with Crippen LogP contribution in [0.25, 0.3) is 10.1 Å². The second-order valence-corrected chi connectivity index (χ2v) is 5.52. The summed E-state index contributed by atoms with van der Waals surface area (Å²) in [6.07, 6.45) is 0.591. The number of nitrogens with zero attached hydrogens (tertiary/aromatic N) is 1. The molecule has 1 N–H and O–H groups in total. The summed E-state index contributed by atoms with van der Waals surface area (Å²) in [4.78, 5) is 12.1. The summed E-state index contributed by atoms with van der Waals surface area (Å²) in [5.41, 5.74) is -0.907. The topological polar surface area (TPSA) is 51.5 Å². The fraction of sp³-hybridized carbons (Fsp3) is 0.417. The number of aliphatic hydroxyl groups is 1. The van der Waals surface area contributed by atoms with Crippen molar-refractivity contribution in [3.63, 3.8) is 0 Å². The highest BCUT2D eigenvalue weighted by Gasteiger charge is 2.33. The molecule has 1 aliphatic rings. The second kappa shape index (κ2) is 3.94. The lowest BCUT2D eigenvalue weighted by atomic mass is 10.0. The molecule has 1 unspecified atom stereocenters. The monoisotopic (exact) mass is 251 g/mol. The summed E-state index contributed by atoms with van der Waals surface area (Å²) < 4.78 is 7.77. The molecule has 1 aliphatic heterocycles. The molecule has 1 aromatic carbocycles. The molecule has 1 saturated heterocycles. The lowest BCUT2D eigenvalue weighted by molar-refractivity contribution is 0.0136. The fourth-order valence-corrected chi connectivity index (χ4v) is 3.23. The highest BCUT2D eigenvalue weighted by molar-refractivity contribution is 7.13. The van der Waals surface area contributed by atoms with Crippen LogP contribution in [0.4, 0.5) is 0 Å². The molecule has 0 bridgehead atoms. The predicted molar refractivity (Wildman–Crippen MR) is 66.5 cm³/mol. The van der Waals surface area contributed by atoms with Gasteiger partial charge < -0.3 is 9.84 Å². The lowest BCUT2D eigenvalue weighted by Gasteiger charge is -2.19. The number of hydrogen-bond acceptors (Lipinski definition) is 4. The Labute approximate surface area is 102 Å². The highest BCUT2D eigenvalue weighted by atomic mass is 32.1. The van der Waals surface area contributed by atoms with Crippen molar-refractivity contribution < 1.29 is 9.84 Å². The van der Waals surface area contributed by atoms with Crippen molar-refractivity contribution in [2.24, 2.45) is 0 Å². The van der Waals surface area contributed by atoms with Crippen LogP contribution in [0.2, 0.25) is 0 Å². The SMILES string of the molecule is O=c1c2ccccc2sn1CC1(O)CCOC1. The van der Waals surface area contributed by atoms with E-state index in [4.69, 9.17) is 4.74 Å². The third-order valence-electron chi connectivity index (χ3n) is 3.07. The first kappa shape index (κ1) is 11.0. The zero-order chi connectivity index (χ0) is 11.9. The number of aromatic nitrogens is 1. The van der Waals surface area contributed by atoms with Gasteiger partial charge in [0.1, 0.15) is 5.60 Å². The normalized spacial score (nSPS) is 24.5. The molecule has 17 heavy (non-hydrogen) atoms. The smallest absolute Gasteiger partial charge is 0.268 e. The van der Waals surface area contributed by atoms with E-state index in [0.29, 0.717) is 26.2 Å². The molecule has 5 heteroatoms. The van der Waals surface area contributed by atoms with Crippen LogP contribution < -0.4 is 5.56 Å². The standard InChI is InChI=1S/C12H13NO3S/c14-11-9-3-1-2-4-10(9)17-13(11)7-12(15)5-6-16-8-12/h1-4,15H,5-8H2. The Morgan fingerprint density at radius 3 is 3.00 bits per heavy atom. The van der Waals surface area contributed by atoms with Crippen molar-refractivity contribution in [1.82, 2.24) is 3.96 Å². The third-order valence-corrected chi connectivity index (χ3v) is 4.14. The van der Waals surface area contributed by atoms with Gasteiger partial charge in [-0.2, -0.15) is 0 Å². The maximum Gasteiger partial charge on any atom is 0.268 e. The Morgan fingerprint density at radius 1 is 1.47 bits per heavy atom. The van der Waals surface area contributed by atoms with Crippen molar-refractivity contribution in [2.45, 2.75) is 18.6 Å². The van der Waals surface area contributed by atoms with Crippen molar-refractivity contribution in [3.8, 4) is 0 Å². The second-order valence-electron chi connectivity index (χ2n) is 4.46. The van der Waals surface area contributed by atoms with Gasteiger partial charge >= 0.3 is 0 Å². The van der Waals surface area contributed by atoms with Gasteiger partial charge in [0.15, 0.2) is 0 Å². The van der Waals surface area contributed by atoms with Gasteiger partial charge in [0.2, 0.25) is 0 Å². The van der Waals surface area contributed by atoms with Gasteiger partial charge in [-0.1, -0.05) is 23.7 Å². The summed E-state index contributed by atoms with van der Waals surface area (Å²) >= 11 is 1.40. The van der Waals surface area contributed by atoms with Crippen molar-refractivity contribution in [2.75, 3.05) is 13.2 Å². The van der Waals surface area contributed by atoms with Gasteiger partial charge in [0, 0.05) is 13.0 Å². The molecule has 0 saturated carbocycles. The summed E-state index contributed by atoms with van der Waals surface area (Å²) in [5.74, 6) is 0. The van der Waals surface area contributed by atoms with Gasteiger partial charge in [-0.05, 0) is 12.1 Å². The molecule has 0 radical (unpaired) electrons. The van der Waals surface area contributed by atoms with Crippen LogP contribution >= 0.6 is 11.5 Å². The largest absolute Gasteiger partial charge is 0.385 e. The van der Waals surface area contributed by atoms with Crippen LogP contribution in [0.5, 0.6) is 0 Å². The molecule has 0 aliphatic carbocycles. The summed E-state index contributed by atoms with van der Waals surface area (Å²) in [5, 5.41) is 10.9. The van der Waals surface area contributed by atoms with E-state index in [1.165, 1.54) is 11.5 Å². The zero-order valence-corrected chi connectivity index (χ0v) is 10.1. The molecule has 3 rings (SSSR count). The third kappa shape index (κ3) is 1.90. The van der Waals surface area contributed by atoms with Crippen LogP contribution in [0.1, 0.15) is 6.42 Å². The fourth-order valence-electron chi connectivity index (χ4n) is 2.11. The van der Waals surface area contributed by atoms with Gasteiger partial charge in [-0.15, -0.1) is 0 Å². The molecular formula is C12H13NO3S. The van der Waals surface area contributed by atoms with E-state index in [1.807, 2.05) is 24.3 Å². The summed E-state index contributed by atoms with van der Waals surface area (Å²) in [6, 6.07) is 7.51. The quantitative estimate of drug-likeness (QED) is 0.873. The molecule has 1 fully saturated rings. The molecule has 4 nitrogen and oxygen atoms in total. The minimum atomic E-state index is -0.884. The first-order chi connectivity index (χ1) is 8.18. The van der Waals surface area contributed by atoms with Crippen LogP contribution in [0.3, 0.4) is 0 Å². The minimum absolute atomic E-state index is 0.0223. The van der Waals surface area contributed by atoms with Gasteiger partial charge in [0.25, 0.3) is 5.56 Å². The summed E-state index contributed by atoms with van der Waals surface area (Å²) in [6.45, 7) is 1.20. The van der Waals surface area contributed by atoms with Gasteiger partial charge in [0.05, 0.1) is 23.2 Å². The molecule has 0 amide bonds. The molecule has 90 valence electrons. The zero-order valence-electron chi connectivity index (χ0n) is 9.26. The highest BCUT2D eigenvalue weighted by Crippen LogP contribution is 2.23. The maximum atomic E-state index is 12.1. The first-order valence-corrected chi connectivity index (χ1v) is 6.34. The van der Waals surface area contributed by atoms with Gasteiger partial charge in [-0.25, -0.2) is 0 Å². The molecule has 1 atom stereocenters. The predicted octanol–water partition coefficient (Wildman–Crippen LogP) is 1.21. The van der Waals surface area contributed by atoms with E-state index < -0.39 is 5.60 Å². The first-order valence-electron chi connectivity index (χ1n) is 5.57. The Bertz CT molecular complexity index is 595. The van der Waals surface area contributed by atoms with Crippen molar-refractivity contribution in [3.05, 3.63) is 34.6 Å². The number of fused-ring (bicyclic) bond motifs is 1. The molecule has 2 heterocycles. The van der Waals surface area contributed by atoms with E-state index in [0.717, 1.165) is 10.1 Å². The van der Waals surface area contributed by atoms with Crippen LogP contribution in [0, 0.1) is 0 Å². The van der Waals surface area contributed by atoms with E-state index in [9.17, 15) is 9.90 Å². The van der Waals surface area contributed by atoms with E-state index in [-0.39, 0.29) is 5.56 Å². The minimum Gasteiger partial charge on any atom is -0.385 e. The molecule has 2 aromatic rings. The van der Waals surface area contributed by atoms with E-state index in [2.05, 4.69) is 0 Å². The van der Waals surface area contributed by atoms with Crippen LogP contribution in [-0.2, 0) is 11.3 Å². The Kier molecular flexibility index (Phi) is 2.54. The Balaban J connectivity index is 2.01. The number of ether oxygens (including phenoxy) is 1. The number of rotatable bonds is 2. The Morgan fingerprint density at radius 2 is 2.29 bits per heavy atom. The van der Waals surface area contributed by atoms with Crippen LogP contribution in [-0.4, -0.2) is 27.9 Å². The molecule has 0 spiro atoms. The number of hydrogen-bond donors (Lipinski definition) is 1. The van der Waals surface area contributed by atoms with Crippen molar-refractivity contribution >= 4 is 21.6 Å². The van der Waals surface area contributed by atoms with E-state index >= 15 is 0 Å². The molecular weight excluding hydrogens is 238 g/mol. The summed E-state index contributed by atoms with van der Waals surface area (Å²) in [7, 11) is 0. The van der Waals surface area contributed by atoms with Crippen LogP contribution in [0.15, 0.2) is 29.1 Å².